The van der Waals surface area contributed by atoms with Crippen molar-refractivity contribution in [3.8, 4) is 0 Å². The Kier molecular flexibility index (Phi) is 4.70. The Morgan fingerprint density at radius 1 is 1.11 bits per heavy atom. The summed E-state index contributed by atoms with van der Waals surface area (Å²) in [5.74, 6) is 0.00526. The molecule has 0 saturated carbocycles. The fraction of sp³-hybridized carbons (Fsp3) is 0.250. The fourth-order valence-electron chi connectivity index (χ4n) is 3.56. The van der Waals surface area contributed by atoms with E-state index in [0.717, 1.165) is 48.5 Å². The van der Waals surface area contributed by atoms with E-state index >= 15 is 0 Å². The van der Waals surface area contributed by atoms with Crippen molar-refractivity contribution in [1.29, 1.82) is 0 Å². The average molecular weight is 378 g/mol. The molecule has 28 heavy (non-hydrogen) atoms. The van der Waals surface area contributed by atoms with Crippen LogP contribution in [0.2, 0.25) is 0 Å². The number of rotatable bonds is 4. The zero-order valence-corrected chi connectivity index (χ0v) is 15.6. The molecule has 2 heterocycles. The van der Waals surface area contributed by atoms with Gasteiger partial charge in [0.1, 0.15) is 0 Å². The minimum absolute atomic E-state index is 0.256. The number of aryl methyl sites for hydroxylation is 1. The van der Waals surface area contributed by atoms with Gasteiger partial charge >= 0.3 is 0 Å². The van der Waals surface area contributed by atoms with Crippen LogP contribution in [0.5, 0.6) is 0 Å². The Morgan fingerprint density at radius 2 is 1.82 bits per heavy atom. The number of carbonyl (C=O) groups excluding carboxylic acids is 2. The smallest absolute Gasteiger partial charge is 0.271 e. The number of primary amides is 1. The first-order valence-electron chi connectivity index (χ1n) is 9.20. The van der Waals surface area contributed by atoms with Crippen molar-refractivity contribution in [2.24, 2.45) is 5.73 Å². The first-order chi connectivity index (χ1) is 13.6. The van der Waals surface area contributed by atoms with E-state index in [1.165, 1.54) is 4.79 Å². The van der Waals surface area contributed by atoms with Gasteiger partial charge in [-0.2, -0.15) is 4.79 Å². The van der Waals surface area contributed by atoms with Crippen LogP contribution in [-0.2, 0) is 0 Å². The minimum atomic E-state index is -0.480. The molecule has 4 rings (SSSR count). The van der Waals surface area contributed by atoms with Crippen molar-refractivity contribution in [1.82, 2.24) is 15.2 Å². The lowest BCUT2D eigenvalue weighted by Gasteiger charge is -2.27. The maximum atomic E-state index is 12.6. The molecule has 1 aliphatic heterocycles. The SMILES string of the molecule is Cc1c(C(N)=O)ccc2c1c(N1CCNCC1)nn2NC(=O)c1ccccc1. The summed E-state index contributed by atoms with van der Waals surface area (Å²) >= 11 is 0. The second-order valence-corrected chi connectivity index (χ2v) is 6.78. The first-order valence-corrected chi connectivity index (χ1v) is 9.20. The number of piperazine rings is 1. The Balaban J connectivity index is 1.81. The van der Waals surface area contributed by atoms with Crippen LogP contribution < -0.4 is 21.4 Å². The molecule has 4 N–H and O–H groups in total. The van der Waals surface area contributed by atoms with E-state index in [9.17, 15) is 9.59 Å². The second kappa shape index (κ2) is 7.32. The molecule has 3 aromatic rings. The third kappa shape index (κ3) is 3.18. The minimum Gasteiger partial charge on any atom is -0.366 e. The topological polar surface area (TPSA) is 105 Å². The van der Waals surface area contributed by atoms with E-state index in [1.807, 2.05) is 25.1 Å². The standard InChI is InChI=1S/C20H22N6O2/c1-13-15(18(21)27)7-8-16-17(13)19(25-11-9-22-10-12-25)23-26(16)24-20(28)14-5-3-2-4-6-14/h2-8,22H,9-12H2,1H3,(H2,21,27)(H,24,28). The molecule has 0 aliphatic carbocycles. The van der Waals surface area contributed by atoms with Gasteiger partial charge in [-0.25, -0.2) is 5.43 Å². The van der Waals surface area contributed by atoms with Gasteiger partial charge in [-0.05, 0) is 36.8 Å². The second-order valence-electron chi connectivity index (χ2n) is 6.78. The summed E-state index contributed by atoms with van der Waals surface area (Å²) in [6.07, 6.45) is 0. The molecule has 0 unspecified atom stereocenters. The summed E-state index contributed by atoms with van der Waals surface area (Å²) in [4.78, 5) is 28.1. The van der Waals surface area contributed by atoms with Gasteiger partial charge in [0.25, 0.3) is 5.91 Å². The monoisotopic (exact) mass is 378 g/mol. The molecule has 2 amide bonds. The Morgan fingerprint density at radius 3 is 2.50 bits per heavy atom. The third-order valence-electron chi connectivity index (χ3n) is 5.01. The molecular formula is C20H22N6O2. The van der Waals surface area contributed by atoms with Gasteiger partial charge in [0.05, 0.1) is 10.9 Å². The van der Waals surface area contributed by atoms with Crippen LogP contribution in [0.25, 0.3) is 10.9 Å². The third-order valence-corrected chi connectivity index (χ3v) is 5.01. The Bertz CT molecular complexity index is 1040. The largest absolute Gasteiger partial charge is 0.366 e. The fourth-order valence-corrected chi connectivity index (χ4v) is 3.56. The highest BCUT2D eigenvalue weighted by Crippen LogP contribution is 2.31. The first kappa shape index (κ1) is 18.0. The number of nitrogens with one attached hydrogen (secondary N) is 2. The number of hydrogen-bond donors (Lipinski definition) is 3. The van der Waals surface area contributed by atoms with E-state index in [0.29, 0.717) is 11.1 Å². The van der Waals surface area contributed by atoms with E-state index in [1.54, 1.807) is 24.3 Å². The number of amides is 2. The number of anilines is 1. The Hall–Kier alpha value is -3.39. The molecule has 1 saturated heterocycles. The molecular weight excluding hydrogens is 356 g/mol. The number of aromatic nitrogens is 2. The number of carbonyl (C=O) groups is 2. The van der Waals surface area contributed by atoms with Gasteiger partial charge in [0, 0.05) is 37.3 Å². The van der Waals surface area contributed by atoms with Gasteiger partial charge in [0.2, 0.25) is 5.91 Å². The van der Waals surface area contributed by atoms with E-state index in [2.05, 4.69) is 20.7 Å². The summed E-state index contributed by atoms with van der Waals surface area (Å²) in [5.41, 5.74) is 10.9. The van der Waals surface area contributed by atoms with Crippen LogP contribution >= 0.6 is 0 Å². The summed E-state index contributed by atoms with van der Waals surface area (Å²) in [7, 11) is 0. The van der Waals surface area contributed by atoms with Crippen LogP contribution in [0.15, 0.2) is 42.5 Å². The number of nitrogens with two attached hydrogens (primary N) is 1. The van der Waals surface area contributed by atoms with Crippen molar-refractivity contribution < 1.29 is 9.59 Å². The number of benzene rings is 2. The van der Waals surface area contributed by atoms with Crippen molar-refractivity contribution in [2.45, 2.75) is 6.92 Å². The summed E-state index contributed by atoms with van der Waals surface area (Å²) in [6.45, 7) is 5.13. The molecule has 1 aliphatic rings. The summed E-state index contributed by atoms with van der Waals surface area (Å²) < 4.78 is 0. The van der Waals surface area contributed by atoms with Gasteiger partial charge in [-0.3, -0.25) is 9.59 Å². The van der Waals surface area contributed by atoms with Crippen LogP contribution in [0.1, 0.15) is 26.3 Å². The molecule has 0 radical (unpaired) electrons. The predicted molar refractivity (Wildman–Crippen MR) is 108 cm³/mol. The van der Waals surface area contributed by atoms with E-state index in [-0.39, 0.29) is 5.91 Å². The lowest BCUT2D eigenvalue weighted by molar-refractivity contribution is 0.0993. The van der Waals surface area contributed by atoms with Crippen LogP contribution in [0.4, 0.5) is 5.82 Å². The highest BCUT2D eigenvalue weighted by Gasteiger charge is 2.23. The number of fused-ring (bicyclic) bond motifs is 1. The quantitative estimate of drug-likeness (QED) is 0.633. The maximum absolute atomic E-state index is 12.6. The lowest BCUT2D eigenvalue weighted by Crippen LogP contribution is -2.44. The normalized spacial score (nSPS) is 14.2. The van der Waals surface area contributed by atoms with E-state index < -0.39 is 5.91 Å². The van der Waals surface area contributed by atoms with Gasteiger partial charge in [-0.15, -0.1) is 5.10 Å². The van der Waals surface area contributed by atoms with Crippen LogP contribution in [-0.4, -0.2) is 47.9 Å². The lowest BCUT2D eigenvalue weighted by atomic mass is 10.0. The molecule has 1 fully saturated rings. The van der Waals surface area contributed by atoms with Gasteiger partial charge in [-0.1, -0.05) is 18.2 Å². The molecule has 0 bridgehead atoms. The van der Waals surface area contributed by atoms with Crippen LogP contribution in [0, 0.1) is 6.92 Å². The summed E-state index contributed by atoms with van der Waals surface area (Å²) in [6, 6.07) is 12.4. The molecule has 2 aromatic carbocycles. The zero-order chi connectivity index (χ0) is 19.7. The van der Waals surface area contributed by atoms with Crippen molar-refractivity contribution >= 4 is 28.5 Å². The van der Waals surface area contributed by atoms with Crippen LogP contribution in [0.3, 0.4) is 0 Å². The molecule has 1 aromatic heterocycles. The zero-order valence-electron chi connectivity index (χ0n) is 15.6. The number of hydrogen-bond acceptors (Lipinski definition) is 5. The molecule has 144 valence electrons. The van der Waals surface area contributed by atoms with Crippen molar-refractivity contribution in [3.05, 3.63) is 59.2 Å². The van der Waals surface area contributed by atoms with Crippen molar-refractivity contribution in [3.63, 3.8) is 0 Å². The van der Waals surface area contributed by atoms with Gasteiger partial charge in [0.15, 0.2) is 5.82 Å². The van der Waals surface area contributed by atoms with E-state index in [4.69, 9.17) is 5.73 Å². The maximum Gasteiger partial charge on any atom is 0.271 e. The molecule has 8 heteroatoms. The molecule has 0 atom stereocenters. The number of nitrogens with zero attached hydrogens (tertiary/aromatic N) is 3. The highest BCUT2D eigenvalue weighted by atomic mass is 16.2. The Labute approximate surface area is 162 Å². The predicted octanol–water partition coefficient (Wildman–Crippen LogP) is 1.24. The molecule has 8 nitrogen and oxygen atoms in total. The highest BCUT2D eigenvalue weighted by molar-refractivity contribution is 6.05. The van der Waals surface area contributed by atoms with Gasteiger partial charge < -0.3 is 16.0 Å². The summed E-state index contributed by atoms with van der Waals surface area (Å²) in [5, 5.41) is 8.81. The average Bonchev–Trinajstić information content (AvgIpc) is 3.08. The van der Waals surface area contributed by atoms with Crippen molar-refractivity contribution in [2.75, 3.05) is 36.5 Å². The molecule has 0 spiro atoms.